The summed E-state index contributed by atoms with van der Waals surface area (Å²) < 4.78 is 5.92. The molecule has 6 heteroatoms. The number of nitrogens with one attached hydrogen (secondary N) is 3. The van der Waals surface area contributed by atoms with E-state index >= 15 is 0 Å². The van der Waals surface area contributed by atoms with Gasteiger partial charge < -0.3 is 20.7 Å². The Morgan fingerprint density at radius 1 is 0.692 bits per heavy atom. The van der Waals surface area contributed by atoms with Gasteiger partial charge in [0.2, 0.25) is 0 Å². The Morgan fingerprint density at radius 3 is 1.67 bits per heavy atom. The summed E-state index contributed by atoms with van der Waals surface area (Å²) in [5, 5.41) is 10.5. The van der Waals surface area contributed by atoms with E-state index in [-0.39, 0.29) is 40.1 Å². The minimum absolute atomic E-state index is 0.0890. The molecule has 0 aromatic heterocycles. The topological polar surface area (TPSA) is 79.5 Å². The molecule has 0 aliphatic rings. The molecule has 224 valence electrons. The number of Topliss-reactive ketones (excluding diaryl/α,β-unsaturated/α-hetero) is 2. The van der Waals surface area contributed by atoms with Gasteiger partial charge in [0.05, 0.1) is 12.1 Å². The lowest BCUT2D eigenvalue weighted by atomic mass is 9.83. The second kappa shape index (κ2) is 14.7. The van der Waals surface area contributed by atoms with E-state index in [0.717, 1.165) is 43.7 Å². The van der Waals surface area contributed by atoms with E-state index in [2.05, 4.69) is 69.6 Å². The van der Waals surface area contributed by atoms with Crippen molar-refractivity contribution in [3.63, 3.8) is 0 Å². The predicted octanol–water partition coefficient (Wildman–Crippen LogP) is 6.11. The van der Waals surface area contributed by atoms with Gasteiger partial charge >= 0.3 is 0 Å². The van der Waals surface area contributed by atoms with Gasteiger partial charge in [-0.1, -0.05) is 60.1 Å². The summed E-state index contributed by atoms with van der Waals surface area (Å²) >= 11 is 0. The summed E-state index contributed by atoms with van der Waals surface area (Å²) in [6.45, 7) is 26.8. The predicted molar refractivity (Wildman–Crippen MR) is 165 cm³/mol. The Hall–Kier alpha value is -1.76. The normalized spacial score (nSPS) is 14.7. The highest BCUT2D eigenvalue weighted by Crippen LogP contribution is 2.23. The number of carbonyl (C=O) groups excluding carboxylic acids is 2. The molecule has 0 heterocycles. The summed E-state index contributed by atoms with van der Waals surface area (Å²) in [6.07, 6.45) is 3.52. The monoisotopic (exact) mass is 545 g/mol. The molecule has 1 rings (SSSR count). The Kier molecular flexibility index (Phi) is 13.3. The van der Waals surface area contributed by atoms with Gasteiger partial charge in [0.1, 0.15) is 12.4 Å². The molecule has 0 radical (unpaired) electrons. The van der Waals surface area contributed by atoms with Crippen LogP contribution in [0.3, 0.4) is 0 Å². The number of benzene rings is 1. The summed E-state index contributed by atoms with van der Waals surface area (Å²) in [6, 6.07) is 7.74. The largest absolute Gasteiger partial charge is 0.492 e. The smallest absolute Gasteiger partial charge is 0.155 e. The molecule has 0 aliphatic carbocycles. The quantitative estimate of drug-likeness (QED) is 0.231. The van der Waals surface area contributed by atoms with Crippen LogP contribution < -0.4 is 20.7 Å². The molecule has 0 aliphatic heterocycles. The molecule has 39 heavy (non-hydrogen) atoms. The summed E-state index contributed by atoms with van der Waals surface area (Å²) in [5.41, 5.74) is 0.147. The molecule has 0 fully saturated rings. The van der Waals surface area contributed by atoms with Gasteiger partial charge in [0.25, 0.3) is 0 Å². The number of hydrogen-bond donors (Lipinski definition) is 3. The first-order valence-electron chi connectivity index (χ1n) is 14.8. The number of ketones is 2. The standard InChI is InChI=1S/C33H59N3O3/c1-30(2,3)28(37)26(35-32(7,8)9)15-13-14-20-34-21-22-39-25-18-16-24(17-19-25)23-27(36-33(10,11)12)29(38)31(4,5)6/h16-19,26-27,34-36H,13-15,20-23H2,1-12H3. The fourth-order valence-corrected chi connectivity index (χ4v) is 4.49. The van der Waals surface area contributed by atoms with Crippen LogP contribution >= 0.6 is 0 Å². The van der Waals surface area contributed by atoms with Crippen LogP contribution in [0, 0.1) is 10.8 Å². The van der Waals surface area contributed by atoms with Gasteiger partial charge in [-0.25, -0.2) is 0 Å². The zero-order valence-corrected chi connectivity index (χ0v) is 27.1. The molecule has 0 bridgehead atoms. The minimum atomic E-state index is -0.395. The Labute approximate surface area is 239 Å². The summed E-state index contributed by atoms with van der Waals surface area (Å²) in [7, 11) is 0. The van der Waals surface area contributed by atoms with E-state index in [9.17, 15) is 9.59 Å². The average Bonchev–Trinajstić information content (AvgIpc) is 2.76. The molecule has 2 atom stereocenters. The summed E-state index contributed by atoms with van der Waals surface area (Å²) in [5.74, 6) is 1.34. The van der Waals surface area contributed by atoms with Gasteiger partial charge in [-0.2, -0.15) is 0 Å². The van der Waals surface area contributed by atoms with Gasteiger partial charge in [-0.15, -0.1) is 0 Å². The Bertz CT molecular complexity index is 881. The van der Waals surface area contributed by atoms with Crippen molar-refractivity contribution in [3.05, 3.63) is 29.8 Å². The number of hydrogen-bond acceptors (Lipinski definition) is 6. The van der Waals surface area contributed by atoms with Gasteiger partial charge in [0.15, 0.2) is 11.6 Å². The van der Waals surface area contributed by atoms with Gasteiger partial charge in [-0.3, -0.25) is 9.59 Å². The van der Waals surface area contributed by atoms with Crippen molar-refractivity contribution in [1.82, 2.24) is 16.0 Å². The maximum Gasteiger partial charge on any atom is 0.155 e. The highest BCUT2D eigenvalue weighted by Gasteiger charge is 2.32. The average molecular weight is 546 g/mol. The zero-order chi connectivity index (χ0) is 30.1. The van der Waals surface area contributed by atoms with Crippen LogP contribution in [-0.2, 0) is 16.0 Å². The maximum atomic E-state index is 13.0. The highest BCUT2D eigenvalue weighted by molar-refractivity contribution is 5.89. The highest BCUT2D eigenvalue weighted by atomic mass is 16.5. The van der Waals surface area contributed by atoms with Crippen molar-refractivity contribution >= 4 is 11.6 Å². The van der Waals surface area contributed by atoms with Crippen LogP contribution in [-0.4, -0.2) is 54.4 Å². The molecule has 3 N–H and O–H groups in total. The lowest BCUT2D eigenvalue weighted by Gasteiger charge is -2.32. The molecule has 1 aromatic rings. The zero-order valence-electron chi connectivity index (χ0n) is 27.1. The summed E-state index contributed by atoms with van der Waals surface area (Å²) in [4.78, 5) is 25.9. The van der Waals surface area contributed by atoms with Crippen LogP contribution in [0.5, 0.6) is 5.75 Å². The van der Waals surface area contributed by atoms with Gasteiger partial charge in [-0.05, 0) is 85.0 Å². The molecular weight excluding hydrogens is 486 g/mol. The lowest BCUT2D eigenvalue weighted by Crippen LogP contribution is -2.51. The third kappa shape index (κ3) is 15.0. The number of ether oxygens (including phenoxy) is 1. The van der Waals surface area contributed by atoms with Crippen molar-refractivity contribution in [2.75, 3.05) is 19.7 Å². The third-order valence-electron chi connectivity index (χ3n) is 6.33. The molecule has 0 saturated heterocycles. The van der Waals surface area contributed by atoms with E-state index in [1.54, 1.807) is 0 Å². The van der Waals surface area contributed by atoms with Crippen LogP contribution in [0.4, 0.5) is 0 Å². The first kappa shape index (κ1) is 35.3. The molecular formula is C33H59N3O3. The van der Waals surface area contributed by atoms with Crippen molar-refractivity contribution in [2.45, 2.75) is 132 Å². The van der Waals surface area contributed by atoms with E-state index in [1.165, 1.54) is 0 Å². The van der Waals surface area contributed by atoms with E-state index in [1.807, 2.05) is 53.7 Å². The first-order chi connectivity index (χ1) is 17.7. The number of unbranched alkanes of at least 4 members (excludes halogenated alkanes) is 1. The van der Waals surface area contributed by atoms with E-state index in [4.69, 9.17) is 4.74 Å². The van der Waals surface area contributed by atoms with Crippen LogP contribution in [0.25, 0.3) is 0 Å². The van der Waals surface area contributed by atoms with Gasteiger partial charge in [0, 0.05) is 28.5 Å². The van der Waals surface area contributed by atoms with Crippen molar-refractivity contribution < 1.29 is 14.3 Å². The van der Waals surface area contributed by atoms with Crippen LogP contribution in [0.15, 0.2) is 24.3 Å². The van der Waals surface area contributed by atoms with E-state index < -0.39 is 5.41 Å². The molecule has 1 aromatic carbocycles. The second-order valence-electron chi connectivity index (χ2n) is 15.1. The lowest BCUT2D eigenvalue weighted by molar-refractivity contribution is -0.129. The molecule has 0 spiro atoms. The molecule has 0 amide bonds. The third-order valence-corrected chi connectivity index (χ3v) is 6.33. The Morgan fingerprint density at radius 2 is 1.18 bits per heavy atom. The van der Waals surface area contributed by atoms with E-state index in [0.29, 0.717) is 13.0 Å². The fraction of sp³-hybridized carbons (Fsp3) is 0.758. The van der Waals surface area contributed by atoms with Crippen molar-refractivity contribution in [3.8, 4) is 5.75 Å². The van der Waals surface area contributed by atoms with Crippen LogP contribution in [0.1, 0.15) is 108 Å². The van der Waals surface area contributed by atoms with Crippen molar-refractivity contribution in [1.29, 1.82) is 0 Å². The number of rotatable bonds is 15. The second-order valence-corrected chi connectivity index (χ2v) is 15.1. The maximum absolute atomic E-state index is 13.0. The Balaban J connectivity index is 2.44. The number of carbonyl (C=O) groups is 2. The fourth-order valence-electron chi connectivity index (χ4n) is 4.49. The molecule has 2 unspecified atom stereocenters. The SMILES string of the molecule is CC(C)(C)NC(CCCCNCCOc1ccc(CC(NC(C)(C)C)C(=O)C(C)(C)C)cc1)C(=O)C(C)(C)C. The van der Waals surface area contributed by atoms with Crippen LogP contribution in [0.2, 0.25) is 0 Å². The molecule has 6 nitrogen and oxygen atoms in total. The molecule has 0 saturated carbocycles. The first-order valence-corrected chi connectivity index (χ1v) is 14.8. The van der Waals surface area contributed by atoms with Crippen molar-refractivity contribution in [2.24, 2.45) is 10.8 Å². The minimum Gasteiger partial charge on any atom is -0.492 e.